The largest absolute Gasteiger partial charge is 0.491 e. The van der Waals surface area contributed by atoms with Crippen molar-refractivity contribution in [3.63, 3.8) is 0 Å². The lowest BCUT2D eigenvalue weighted by Gasteiger charge is -2.03. The SMILES string of the molecule is C\C=C/C(F)=C\C(=C\C)OC1CC1. The molecule has 0 unspecified atom stereocenters. The Hall–Kier alpha value is -1.05. The van der Waals surface area contributed by atoms with Crippen LogP contribution in [0.25, 0.3) is 0 Å². The molecular formula is C11H15FO. The van der Waals surface area contributed by atoms with E-state index in [1.54, 1.807) is 19.1 Å². The first-order chi connectivity index (χ1) is 6.26. The molecule has 0 heterocycles. The van der Waals surface area contributed by atoms with E-state index in [9.17, 15) is 4.39 Å². The number of ether oxygens (including phenoxy) is 1. The zero-order valence-electron chi connectivity index (χ0n) is 8.09. The Bertz CT molecular complexity index is 247. The molecule has 1 nitrogen and oxygen atoms in total. The third-order valence-electron chi connectivity index (χ3n) is 1.72. The van der Waals surface area contributed by atoms with Crippen LogP contribution in [0.15, 0.2) is 35.9 Å². The molecule has 1 fully saturated rings. The standard InChI is InChI=1S/C11H15FO/c1-3-5-9(12)8-10(4-2)13-11-6-7-11/h3-5,8,11H,6-7H2,1-2H3/b5-3-,9-8+,10-4-. The van der Waals surface area contributed by atoms with Gasteiger partial charge in [0.25, 0.3) is 0 Å². The van der Waals surface area contributed by atoms with E-state index in [1.807, 2.05) is 6.92 Å². The summed E-state index contributed by atoms with van der Waals surface area (Å²) in [5.41, 5.74) is 0. The number of allylic oxidation sites excluding steroid dienone is 5. The third kappa shape index (κ3) is 3.92. The topological polar surface area (TPSA) is 9.23 Å². The van der Waals surface area contributed by atoms with E-state index < -0.39 is 0 Å². The lowest BCUT2D eigenvalue weighted by atomic mass is 10.3. The molecule has 0 saturated heterocycles. The maximum atomic E-state index is 13.0. The van der Waals surface area contributed by atoms with E-state index in [-0.39, 0.29) is 5.83 Å². The summed E-state index contributed by atoms with van der Waals surface area (Å²) < 4.78 is 18.4. The molecule has 0 amide bonds. The van der Waals surface area contributed by atoms with Gasteiger partial charge in [-0.3, -0.25) is 0 Å². The molecule has 1 rings (SSSR count). The van der Waals surface area contributed by atoms with Crippen molar-refractivity contribution in [1.82, 2.24) is 0 Å². The maximum Gasteiger partial charge on any atom is 0.126 e. The summed E-state index contributed by atoms with van der Waals surface area (Å²) in [6.07, 6.45) is 8.78. The van der Waals surface area contributed by atoms with Crippen molar-refractivity contribution >= 4 is 0 Å². The maximum absolute atomic E-state index is 13.0. The van der Waals surface area contributed by atoms with Gasteiger partial charge in [-0.15, -0.1) is 0 Å². The molecule has 1 saturated carbocycles. The molecule has 0 bridgehead atoms. The number of hydrogen-bond donors (Lipinski definition) is 0. The van der Waals surface area contributed by atoms with Gasteiger partial charge in [-0.2, -0.15) is 0 Å². The molecular weight excluding hydrogens is 167 g/mol. The molecule has 0 radical (unpaired) electrons. The fourth-order valence-electron chi connectivity index (χ4n) is 0.907. The minimum atomic E-state index is -0.267. The van der Waals surface area contributed by atoms with E-state index in [1.165, 1.54) is 12.2 Å². The first kappa shape index (κ1) is 10.0. The van der Waals surface area contributed by atoms with E-state index in [4.69, 9.17) is 4.74 Å². The second-order valence-electron chi connectivity index (χ2n) is 3.04. The number of rotatable bonds is 4. The van der Waals surface area contributed by atoms with Crippen molar-refractivity contribution in [3.05, 3.63) is 35.9 Å². The van der Waals surface area contributed by atoms with E-state index in [0.29, 0.717) is 11.9 Å². The highest BCUT2D eigenvalue weighted by Gasteiger charge is 2.23. The molecule has 1 aliphatic carbocycles. The van der Waals surface area contributed by atoms with Gasteiger partial charge in [-0.25, -0.2) is 4.39 Å². The van der Waals surface area contributed by atoms with Gasteiger partial charge in [0.15, 0.2) is 0 Å². The van der Waals surface area contributed by atoms with Crippen molar-refractivity contribution in [2.75, 3.05) is 0 Å². The van der Waals surface area contributed by atoms with Crippen LogP contribution < -0.4 is 0 Å². The predicted octanol–water partition coefficient (Wildman–Crippen LogP) is 3.50. The Morgan fingerprint density at radius 2 is 2.08 bits per heavy atom. The van der Waals surface area contributed by atoms with Gasteiger partial charge in [0, 0.05) is 6.08 Å². The highest BCUT2D eigenvalue weighted by Crippen LogP contribution is 2.27. The Balaban J connectivity index is 2.50. The Labute approximate surface area is 78.6 Å². The van der Waals surface area contributed by atoms with Crippen LogP contribution in [0.1, 0.15) is 26.7 Å². The monoisotopic (exact) mass is 182 g/mol. The molecule has 0 aromatic heterocycles. The second kappa shape index (κ2) is 4.85. The molecule has 13 heavy (non-hydrogen) atoms. The summed E-state index contributed by atoms with van der Waals surface area (Å²) in [6, 6.07) is 0. The Kier molecular flexibility index (Phi) is 3.74. The van der Waals surface area contributed by atoms with Gasteiger partial charge >= 0.3 is 0 Å². The van der Waals surface area contributed by atoms with E-state index >= 15 is 0 Å². The van der Waals surface area contributed by atoms with Crippen LogP contribution in [0.3, 0.4) is 0 Å². The molecule has 0 atom stereocenters. The third-order valence-corrected chi connectivity index (χ3v) is 1.72. The molecule has 0 N–H and O–H groups in total. The molecule has 0 spiro atoms. The normalized spacial score (nSPS) is 19.6. The zero-order chi connectivity index (χ0) is 9.68. The van der Waals surface area contributed by atoms with Gasteiger partial charge in [0.2, 0.25) is 0 Å². The average molecular weight is 182 g/mol. The quantitative estimate of drug-likeness (QED) is 0.477. The zero-order valence-corrected chi connectivity index (χ0v) is 8.09. The van der Waals surface area contributed by atoms with Crippen LogP contribution in [0.5, 0.6) is 0 Å². The summed E-state index contributed by atoms with van der Waals surface area (Å²) in [7, 11) is 0. The summed E-state index contributed by atoms with van der Waals surface area (Å²) in [6.45, 7) is 3.63. The van der Waals surface area contributed by atoms with Crippen molar-refractivity contribution < 1.29 is 9.13 Å². The summed E-state index contributed by atoms with van der Waals surface area (Å²) in [5, 5.41) is 0. The lowest BCUT2D eigenvalue weighted by molar-refractivity contribution is 0.207. The first-order valence-electron chi connectivity index (χ1n) is 4.59. The van der Waals surface area contributed by atoms with E-state index in [0.717, 1.165) is 12.8 Å². The minimum Gasteiger partial charge on any atom is -0.491 e. The molecule has 1 aliphatic rings. The molecule has 0 aromatic carbocycles. The molecule has 0 aliphatic heterocycles. The van der Waals surface area contributed by atoms with Gasteiger partial charge in [-0.1, -0.05) is 6.08 Å². The highest BCUT2D eigenvalue weighted by atomic mass is 19.1. The highest BCUT2D eigenvalue weighted by molar-refractivity contribution is 5.22. The van der Waals surface area contributed by atoms with Crippen molar-refractivity contribution in [2.45, 2.75) is 32.8 Å². The summed E-state index contributed by atoms with van der Waals surface area (Å²) in [5.74, 6) is 0.356. The first-order valence-corrected chi connectivity index (χ1v) is 4.59. The summed E-state index contributed by atoms with van der Waals surface area (Å²) >= 11 is 0. The fourth-order valence-corrected chi connectivity index (χ4v) is 0.907. The van der Waals surface area contributed by atoms with Gasteiger partial charge in [-0.05, 0) is 38.8 Å². The average Bonchev–Trinajstić information content (AvgIpc) is 2.87. The van der Waals surface area contributed by atoms with Crippen LogP contribution in [-0.4, -0.2) is 6.10 Å². The van der Waals surface area contributed by atoms with Crippen LogP contribution in [0.4, 0.5) is 4.39 Å². The van der Waals surface area contributed by atoms with Crippen LogP contribution in [0.2, 0.25) is 0 Å². The number of halogens is 1. The van der Waals surface area contributed by atoms with Crippen LogP contribution in [-0.2, 0) is 4.74 Å². The van der Waals surface area contributed by atoms with Crippen LogP contribution >= 0.6 is 0 Å². The van der Waals surface area contributed by atoms with Crippen molar-refractivity contribution in [3.8, 4) is 0 Å². The Morgan fingerprint density at radius 3 is 2.54 bits per heavy atom. The predicted molar refractivity (Wildman–Crippen MR) is 51.9 cm³/mol. The van der Waals surface area contributed by atoms with Gasteiger partial charge in [0.05, 0.1) is 6.10 Å². The number of hydrogen-bond acceptors (Lipinski definition) is 1. The lowest BCUT2D eigenvalue weighted by Crippen LogP contribution is -1.91. The Morgan fingerprint density at radius 1 is 1.38 bits per heavy atom. The van der Waals surface area contributed by atoms with Gasteiger partial charge in [0.1, 0.15) is 11.6 Å². The second-order valence-corrected chi connectivity index (χ2v) is 3.04. The van der Waals surface area contributed by atoms with Crippen molar-refractivity contribution in [1.29, 1.82) is 0 Å². The van der Waals surface area contributed by atoms with E-state index in [2.05, 4.69) is 0 Å². The van der Waals surface area contributed by atoms with Crippen molar-refractivity contribution in [2.24, 2.45) is 0 Å². The summed E-state index contributed by atoms with van der Waals surface area (Å²) in [4.78, 5) is 0. The molecule has 72 valence electrons. The van der Waals surface area contributed by atoms with Crippen LogP contribution in [0, 0.1) is 0 Å². The molecule has 2 heteroatoms. The molecule has 0 aromatic rings. The fraction of sp³-hybridized carbons (Fsp3) is 0.455. The smallest absolute Gasteiger partial charge is 0.126 e. The minimum absolute atomic E-state index is 0.267. The van der Waals surface area contributed by atoms with Gasteiger partial charge < -0.3 is 4.74 Å².